The predicted octanol–water partition coefficient (Wildman–Crippen LogP) is 4.85. The third-order valence-electron chi connectivity index (χ3n) is 4.50. The van der Waals surface area contributed by atoms with Crippen LogP contribution in [0.4, 0.5) is 0 Å². The number of rotatable bonds is 2. The maximum atomic E-state index is 10.3. The molecule has 1 N–H and O–H groups in total. The van der Waals surface area contributed by atoms with Crippen molar-refractivity contribution in [3.05, 3.63) is 95.6 Å². The van der Waals surface area contributed by atoms with E-state index >= 15 is 0 Å². The molecule has 1 aliphatic heterocycles. The van der Waals surface area contributed by atoms with Crippen molar-refractivity contribution in [3.8, 4) is 11.5 Å². The smallest absolute Gasteiger partial charge is 0.131 e. The van der Waals surface area contributed by atoms with Gasteiger partial charge in [-0.1, -0.05) is 66.7 Å². The Bertz CT molecular complexity index is 811. The van der Waals surface area contributed by atoms with Gasteiger partial charge in [0.2, 0.25) is 0 Å². The van der Waals surface area contributed by atoms with E-state index in [1.807, 2.05) is 54.6 Å². The molecule has 3 aromatic carbocycles. The van der Waals surface area contributed by atoms with E-state index in [0.717, 1.165) is 23.3 Å². The first-order chi connectivity index (χ1) is 11.3. The van der Waals surface area contributed by atoms with Gasteiger partial charge in [0.1, 0.15) is 17.6 Å². The van der Waals surface area contributed by atoms with Crippen LogP contribution in [0.1, 0.15) is 28.7 Å². The Hall–Kier alpha value is -2.74. The molecule has 2 unspecified atom stereocenters. The van der Waals surface area contributed by atoms with Gasteiger partial charge in [0.05, 0.1) is 0 Å². The molecule has 1 aliphatic rings. The Morgan fingerprint density at radius 3 is 2.30 bits per heavy atom. The van der Waals surface area contributed by atoms with Crippen LogP contribution in [0.25, 0.3) is 0 Å². The van der Waals surface area contributed by atoms with Crippen molar-refractivity contribution < 1.29 is 9.84 Å². The van der Waals surface area contributed by atoms with Crippen molar-refractivity contribution >= 4 is 0 Å². The third kappa shape index (κ3) is 2.57. The summed E-state index contributed by atoms with van der Waals surface area (Å²) in [5.41, 5.74) is 3.26. The minimum Gasteiger partial charge on any atom is -0.508 e. The molecule has 0 bridgehead atoms. The van der Waals surface area contributed by atoms with Crippen LogP contribution in [-0.4, -0.2) is 5.11 Å². The molecule has 23 heavy (non-hydrogen) atoms. The summed E-state index contributed by atoms with van der Waals surface area (Å²) in [6.45, 7) is 0. The van der Waals surface area contributed by atoms with Crippen LogP contribution in [0, 0.1) is 0 Å². The van der Waals surface area contributed by atoms with E-state index in [4.69, 9.17) is 4.74 Å². The van der Waals surface area contributed by atoms with Gasteiger partial charge in [0, 0.05) is 11.5 Å². The van der Waals surface area contributed by atoms with E-state index in [-0.39, 0.29) is 12.0 Å². The Labute approximate surface area is 136 Å². The topological polar surface area (TPSA) is 29.5 Å². The van der Waals surface area contributed by atoms with Crippen molar-refractivity contribution in [1.29, 1.82) is 0 Å². The number of fused-ring (bicyclic) bond motifs is 1. The molecule has 3 aromatic rings. The average Bonchev–Trinajstić information content (AvgIpc) is 2.62. The van der Waals surface area contributed by atoms with Crippen molar-refractivity contribution in [2.45, 2.75) is 18.4 Å². The van der Waals surface area contributed by atoms with Crippen LogP contribution in [0.15, 0.2) is 78.9 Å². The van der Waals surface area contributed by atoms with Crippen LogP contribution in [-0.2, 0) is 6.42 Å². The number of hydrogen-bond donors (Lipinski definition) is 1. The van der Waals surface area contributed by atoms with Gasteiger partial charge < -0.3 is 9.84 Å². The number of para-hydroxylation sites is 2. The molecular formula is C21H18O2. The highest BCUT2D eigenvalue weighted by Gasteiger charge is 2.33. The van der Waals surface area contributed by atoms with Gasteiger partial charge in [-0.15, -0.1) is 0 Å². The lowest BCUT2D eigenvalue weighted by atomic mass is 9.82. The molecule has 0 amide bonds. The molecule has 0 fully saturated rings. The zero-order chi connectivity index (χ0) is 15.6. The number of benzene rings is 3. The average molecular weight is 302 g/mol. The van der Waals surface area contributed by atoms with Gasteiger partial charge in [0.15, 0.2) is 0 Å². The zero-order valence-corrected chi connectivity index (χ0v) is 12.7. The van der Waals surface area contributed by atoms with Gasteiger partial charge in [0.25, 0.3) is 0 Å². The lowest BCUT2D eigenvalue weighted by molar-refractivity contribution is 0.150. The Balaban J connectivity index is 1.82. The van der Waals surface area contributed by atoms with Crippen molar-refractivity contribution in [2.75, 3.05) is 0 Å². The van der Waals surface area contributed by atoms with Gasteiger partial charge in [-0.2, -0.15) is 0 Å². The van der Waals surface area contributed by atoms with E-state index in [0.29, 0.717) is 5.75 Å². The highest BCUT2D eigenvalue weighted by molar-refractivity contribution is 5.44. The number of ether oxygens (including phenoxy) is 1. The summed E-state index contributed by atoms with van der Waals surface area (Å²) in [5.74, 6) is 1.36. The minimum absolute atomic E-state index is 0.0912. The third-order valence-corrected chi connectivity index (χ3v) is 4.50. The largest absolute Gasteiger partial charge is 0.508 e. The van der Waals surface area contributed by atoms with Crippen molar-refractivity contribution in [2.24, 2.45) is 0 Å². The Kier molecular flexibility index (Phi) is 3.51. The minimum atomic E-state index is -0.0978. The predicted molar refractivity (Wildman–Crippen MR) is 90.8 cm³/mol. The Morgan fingerprint density at radius 1 is 0.783 bits per heavy atom. The highest BCUT2D eigenvalue weighted by atomic mass is 16.5. The number of phenols is 1. The molecular weight excluding hydrogens is 284 g/mol. The molecule has 2 heteroatoms. The fourth-order valence-corrected chi connectivity index (χ4v) is 3.37. The van der Waals surface area contributed by atoms with Gasteiger partial charge in [-0.05, 0) is 29.7 Å². The van der Waals surface area contributed by atoms with Crippen molar-refractivity contribution in [1.82, 2.24) is 0 Å². The van der Waals surface area contributed by atoms with Crippen LogP contribution in [0.5, 0.6) is 11.5 Å². The number of aromatic hydroxyl groups is 1. The summed E-state index contributed by atoms with van der Waals surface area (Å²) in [6.07, 6.45) is 0.757. The van der Waals surface area contributed by atoms with Gasteiger partial charge in [-0.3, -0.25) is 0 Å². The summed E-state index contributed by atoms with van der Waals surface area (Å²) in [7, 11) is 0. The molecule has 0 saturated heterocycles. The monoisotopic (exact) mass is 302 g/mol. The zero-order valence-electron chi connectivity index (χ0n) is 12.7. The van der Waals surface area contributed by atoms with E-state index in [9.17, 15) is 5.11 Å². The fourth-order valence-electron chi connectivity index (χ4n) is 3.37. The molecule has 2 nitrogen and oxygen atoms in total. The molecule has 0 aliphatic carbocycles. The molecule has 0 radical (unpaired) electrons. The molecule has 0 aromatic heterocycles. The van der Waals surface area contributed by atoms with E-state index in [1.165, 1.54) is 5.56 Å². The second-order valence-electron chi connectivity index (χ2n) is 5.93. The second-order valence-corrected chi connectivity index (χ2v) is 5.93. The summed E-state index contributed by atoms with van der Waals surface area (Å²) >= 11 is 0. The summed E-state index contributed by atoms with van der Waals surface area (Å²) in [5, 5.41) is 10.3. The molecule has 0 saturated carbocycles. The summed E-state index contributed by atoms with van der Waals surface area (Å²) in [4.78, 5) is 0. The number of hydrogen-bond acceptors (Lipinski definition) is 2. The molecule has 1 heterocycles. The molecule has 2 atom stereocenters. The standard InChI is InChI=1S/C21H18O2/c22-19-12-6-5-11-17(19)18-14-16-10-4-7-13-20(16)23-21(18)15-8-2-1-3-9-15/h1-13,18,21-22H,14H2. The molecule has 4 rings (SSSR count). The summed E-state index contributed by atoms with van der Waals surface area (Å²) in [6, 6.07) is 26.0. The number of phenolic OH excluding ortho intramolecular Hbond substituents is 1. The molecule has 114 valence electrons. The van der Waals surface area contributed by atoms with E-state index < -0.39 is 0 Å². The SMILES string of the molecule is Oc1ccccc1C1Cc2ccccc2OC1c1ccccc1. The van der Waals surface area contributed by atoms with Crippen LogP contribution in [0.3, 0.4) is 0 Å². The lowest BCUT2D eigenvalue weighted by Gasteiger charge is -2.34. The van der Waals surface area contributed by atoms with Gasteiger partial charge in [-0.25, -0.2) is 0 Å². The summed E-state index contributed by atoms with van der Waals surface area (Å²) < 4.78 is 6.33. The quantitative estimate of drug-likeness (QED) is 0.733. The normalized spacial score (nSPS) is 19.7. The fraction of sp³-hybridized carbons (Fsp3) is 0.143. The highest BCUT2D eigenvalue weighted by Crippen LogP contribution is 2.45. The van der Waals surface area contributed by atoms with Crippen LogP contribution >= 0.6 is 0 Å². The Morgan fingerprint density at radius 2 is 1.48 bits per heavy atom. The molecule has 0 spiro atoms. The van der Waals surface area contributed by atoms with Gasteiger partial charge >= 0.3 is 0 Å². The van der Waals surface area contributed by atoms with Crippen LogP contribution in [0.2, 0.25) is 0 Å². The lowest BCUT2D eigenvalue weighted by Crippen LogP contribution is -2.24. The second kappa shape index (κ2) is 5.81. The maximum Gasteiger partial charge on any atom is 0.131 e. The first kappa shape index (κ1) is 13.9. The first-order valence-corrected chi connectivity index (χ1v) is 7.90. The van der Waals surface area contributed by atoms with Crippen LogP contribution < -0.4 is 4.74 Å². The first-order valence-electron chi connectivity index (χ1n) is 7.90. The van der Waals surface area contributed by atoms with E-state index in [1.54, 1.807) is 6.07 Å². The van der Waals surface area contributed by atoms with E-state index in [2.05, 4.69) is 18.2 Å². The maximum absolute atomic E-state index is 10.3. The van der Waals surface area contributed by atoms with Crippen molar-refractivity contribution in [3.63, 3.8) is 0 Å².